The molecule has 1 aliphatic heterocycles. The molecule has 1 aliphatic rings. The minimum absolute atomic E-state index is 0.289. The number of ether oxygens (including phenoxy) is 1. The summed E-state index contributed by atoms with van der Waals surface area (Å²) < 4.78 is 5.29. The summed E-state index contributed by atoms with van der Waals surface area (Å²) >= 11 is 0. The molecule has 3 N–H and O–H groups in total. The van der Waals surface area contributed by atoms with Gasteiger partial charge in [-0.2, -0.15) is 0 Å². The fraction of sp³-hybridized carbons (Fsp3) is 0.562. The van der Waals surface area contributed by atoms with Gasteiger partial charge in [-0.1, -0.05) is 13.0 Å². The van der Waals surface area contributed by atoms with Crippen LogP contribution in [0, 0.1) is 5.41 Å². The van der Waals surface area contributed by atoms with Gasteiger partial charge in [-0.25, -0.2) is 0 Å². The highest BCUT2D eigenvalue weighted by Crippen LogP contribution is 2.23. The Hall–Kier alpha value is -1.75. The minimum Gasteiger partial charge on any atom is -0.497 e. The van der Waals surface area contributed by atoms with E-state index in [1.807, 2.05) is 12.1 Å². The summed E-state index contributed by atoms with van der Waals surface area (Å²) in [5.41, 5.74) is 6.77. The van der Waals surface area contributed by atoms with Gasteiger partial charge in [-0.05, 0) is 18.6 Å². The number of amidine groups is 1. The van der Waals surface area contributed by atoms with E-state index < -0.39 is 0 Å². The van der Waals surface area contributed by atoms with Crippen LogP contribution in [0.3, 0.4) is 0 Å². The van der Waals surface area contributed by atoms with Gasteiger partial charge in [-0.15, -0.1) is 0 Å². The van der Waals surface area contributed by atoms with Gasteiger partial charge >= 0.3 is 0 Å². The van der Waals surface area contributed by atoms with Gasteiger partial charge in [-0.3, -0.25) is 10.3 Å². The molecule has 1 unspecified atom stereocenters. The van der Waals surface area contributed by atoms with E-state index in [4.69, 9.17) is 15.9 Å². The highest BCUT2D eigenvalue weighted by atomic mass is 16.5. The SMILES string of the molecule is CCC(CC(=N)N)N1CCN(c2cccc(OC)c2)CC1. The highest BCUT2D eigenvalue weighted by Gasteiger charge is 2.23. The van der Waals surface area contributed by atoms with E-state index in [0.717, 1.165) is 38.3 Å². The largest absolute Gasteiger partial charge is 0.497 e. The average molecular weight is 290 g/mol. The fourth-order valence-electron chi connectivity index (χ4n) is 2.94. The molecule has 116 valence electrons. The van der Waals surface area contributed by atoms with Crippen molar-refractivity contribution in [3.63, 3.8) is 0 Å². The maximum absolute atomic E-state index is 7.49. The molecule has 1 saturated heterocycles. The molecular formula is C16H26N4O. The van der Waals surface area contributed by atoms with Gasteiger partial charge in [0.1, 0.15) is 5.75 Å². The summed E-state index contributed by atoms with van der Waals surface area (Å²) in [6.07, 6.45) is 1.72. The van der Waals surface area contributed by atoms with Crippen molar-refractivity contribution in [2.45, 2.75) is 25.8 Å². The molecule has 0 saturated carbocycles. The Labute approximate surface area is 127 Å². The van der Waals surface area contributed by atoms with Gasteiger partial charge in [0.05, 0.1) is 12.9 Å². The maximum atomic E-state index is 7.49. The first-order valence-electron chi connectivity index (χ1n) is 7.60. The lowest BCUT2D eigenvalue weighted by Crippen LogP contribution is -2.51. The Bertz CT molecular complexity index is 469. The molecule has 21 heavy (non-hydrogen) atoms. The van der Waals surface area contributed by atoms with Crippen molar-refractivity contribution < 1.29 is 4.74 Å². The van der Waals surface area contributed by atoms with Crippen LogP contribution in [0.1, 0.15) is 19.8 Å². The maximum Gasteiger partial charge on any atom is 0.120 e. The van der Waals surface area contributed by atoms with E-state index in [-0.39, 0.29) is 5.84 Å². The second-order valence-electron chi connectivity index (χ2n) is 5.52. The number of nitrogens with zero attached hydrogens (tertiary/aromatic N) is 2. The number of nitrogens with two attached hydrogens (primary N) is 1. The smallest absolute Gasteiger partial charge is 0.120 e. The predicted octanol–water partition coefficient (Wildman–Crippen LogP) is 1.92. The molecule has 0 spiro atoms. The van der Waals surface area contributed by atoms with Crippen molar-refractivity contribution in [1.29, 1.82) is 5.41 Å². The molecule has 0 aliphatic carbocycles. The van der Waals surface area contributed by atoms with Crippen LogP contribution in [0.5, 0.6) is 5.75 Å². The second kappa shape index (κ2) is 7.31. The molecule has 0 amide bonds. The lowest BCUT2D eigenvalue weighted by Gasteiger charge is -2.40. The van der Waals surface area contributed by atoms with Gasteiger partial charge in [0.15, 0.2) is 0 Å². The Morgan fingerprint density at radius 2 is 2.05 bits per heavy atom. The Morgan fingerprint density at radius 1 is 1.33 bits per heavy atom. The van der Waals surface area contributed by atoms with E-state index in [1.165, 1.54) is 5.69 Å². The number of anilines is 1. The van der Waals surface area contributed by atoms with Crippen LogP contribution in [0.15, 0.2) is 24.3 Å². The topological polar surface area (TPSA) is 65.6 Å². The van der Waals surface area contributed by atoms with Crippen LogP contribution < -0.4 is 15.4 Å². The molecule has 0 bridgehead atoms. The van der Waals surface area contributed by atoms with Crippen molar-refractivity contribution in [3.05, 3.63) is 24.3 Å². The third-order valence-corrected chi connectivity index (χ3v) is 4.18. The standard InChI is InChI=1S/C16H26N4O/c1-3-13(12-16(17)18)19-7-9-20(10-8-19)14-5-4-6-15(11-14)21-2/h4-6,11,13H,3,7-10,12H2,1-2H3,(H3,17,18). The number of rotatable bonds is 6. The fourth-order valence-corrected chi connectivity index (χ4v) is 2.94. The quantitative estimate of drug-likeness (QED) is 0.620. The van der Waals surface area contributed by atoms with E-state index in [1.54, 1.807) is 7.11 Å². The Morgan fingerprint density at radius 3 is 2.62 bits per heavy atom. The normalized spacial score (nSPS) is 17.5. The average Bonchev–Trinajstić information content (AvgIpc) is 2.52. The van der Waals surface area contributed by atoms with Crippen LogP contribution in [-0.2, 0) is 0 Å². The van der Waals surface area contributed by atoms with Crippen molar-refractivity contribution in [3.8, 4) is 5.75 Å². The first-order chi connectivity index (χ1) is 10.1. The van der Waals surface area contributed by atoms with E-state index in [9.17, 15) is 0 Å². The van der Waals surface area contributed by atoms with Crippen molar-refractivity contribution >= 4 is 11.5 Å². The Kier molecular flexibility index (Phi) is 5.44. The monoisotopic (exact) mass is 290 g/mol. The molecular weight excluding hydrogens is 264 g/mol. The number of hydrogen-bond donors (Lipinski definition) is 2. The number of methoxy groups -OCH3 is 1. The molecule has 1 aromatic carbocycles. The van der Waals surface area contributed by atoms with Crippen LogP contribution in [0.2, 0.25) is 0 Å². The molecule has 1 aromatic rings. The highest BCUT2D eigenvalue weighted by molar-refractivity contribution is 5.77. The van der Waals surface area contributed by atoms with Crippen LogP contribution in [-0.4, -0.2) is 50.1 Å². The Balaban J connectivity index is 1.94. The van der Waals surface area contributed by atoms with Crippen molar-refractivity contribution in [1.82, 2.24) is 4.90 Å². The summed E-state index contributed by atoms with van der Waals surface area (Å²) in [5.74, 6) is 1.19. The second-order valence-corrected chi connectivity index (χ2v) is 5.52. The van der Waals surface area contributed by atoms with Gasteiger partial charge < -0.3 is 15.4 Å². The van der Waals surface area contributed by atoms with Gasteiger partial charge in [0.25, 0.3) is 0 Å². The zero-order valence-corrected chi connectivity index (χ0v) is 13.0. The molecule has 2 rings (SSSR count). The third-order valence-electron chi connectivity index (χ3n) is 4.18. The zero-order chi connectivity index (χ0) is 15.2. The molecule has 5 nitrogen and oxygen atoms in total. The van der Waals surface area contributed by atoms with Gasteiger partial charge in [0, 0.05) is 50.4 Å². The minimum atomic E-state index is 0.289. The van der Waals surface area contributed by atoms with E-state index in [2.05, 4.69) is 28.9 Å². The number of hydrogen-bond acceptors (Lipinski definition) is 4. The molecule has 0 aromatic heterocycles. The third kappa shape index (κ3) is 4.11. The van der Waals surface area contributed by atoms with Crippen LogP contribution in [0.25, 0.3) is 0 Å². The first-order valence-corrected chi connectivity index (χ1v) is 7.60. The van der Waals surface area contributed by atoms with E-state index >= 15 is 0 Å². The van der Waals surface area contributed by atoms with Gasteiger partial charge in [0.2, 0.25) is 0 Å². The number of nitrogens with one attached hydrogen (secondary N) is 1. The summed E-state index contributed by atoms with van der Waals surface area (Å²) in [5, 5.41) is 7.49. The lowest BCUT2D eigenvalue weighted by molar-refractivity contribution is 0.184. The van der Waals surface area contributed by atoms with Crippen LogP contribution in [0.4, 0.5) is 5.69 Å². The van der Waals surface area contributed by atoms with E-state index in [0.29, 0.717) is 12.5 Å². The summed E-state index contributed by atoms with van der Waals surface area (Å²) in [6.45, 7) is 6.21. The number of piperazine rings is 1. The predicted molar refractivity (Wildman–Crippen MR) is 87.4 cm³/mol. The molecule has 1 heterocycles. The zero-order valence-electron chi connectivity index (χ0n) is 13.0. The van der Waals surface area contributed by atoms with Crippen LogP contribution >= 0.6 is 0 Å². The summed E-state index contributed by atoms with van der Waals surface area (Å²) in [4.78, 5) is 4.84. The molecule has 1 atom stereocenters. The number of benzene rings is 1. The first kappa shape index (κ1) is 15.6. The molecule has 1 fully saturated rings. The summed E-state index contributed by atoms with van der Waals surface area (Å²) in [7, 11) is 1.70. The lowest BCUT2D eigenvalue weighted by atomic mass is 10.1. The van der Waals surface area contributed by atoms with Crippen molar-refractivity contribution in [2.75, 3.05) is 38.2 Å². The molecule has 0 radical (unpaired) electrons. The van der Waals surface area contributed by atoms with Crippen molar-refractivity contribution in [2.24, 2.45) is 5.73 Å². The molecule has 5 heteroatoms. The summed E-state index contributed by atoms with van der Waals surface area (Å²) in [6, 6.07) is 8.62.